The van der Waals surface area contributed by atoms with E-state index in [9.17, 15) is 0 Å². The van der Waals surface area contributed by atoms with Gasteiger partial charge in [-0.3, -0.25) is 4.98 Å². The van der Waals surface area contributed by atoms with Crippen molar-refractivity contribution in [1.29, 1.82) is 0 Å². The van der Waals surface area contributed by atoms with Crippen molar-refractivity contribution < 1.29 is 0 Å². The number of nitrogens with two attached hydrogens (primary N) is 1. The summed E-state index contributed by atoms with van der Waals surface area (Å²) in [6.07, 6.45) is 3.29. The maximum atomic E-state index is 5.77. The molecule has 0 spiro atoms. The van der Waals surface area contributed by atoms with Crippen LogP contribution < -0.4 is 10.6 Å². The molecule has 0 radical (unpaired) electrons. The van der Waals surface area contributed by atoms with Crippen LogP contribution in [0.15, 0.2) is 18.3 Å². The van der Waals surface area contributed by atoms with Crippen molar-refractivity contribution in [1.82, 2.24) is 4.98 Å². The van der Waals surface area contributed by atoms with Crippen LogP contribution in [0, 0.1) is 11.8 Å². The van der Waals surface area contributed by atoms with E-state index in [1.807, 2.05) is 19.2 Å². The summed E-state index contributed by atoms with van der Waals surface area (Å²) in [6.45, 7) is 5.41. The highest BCUT2D eigenvalue weighted by Gasteiger charge is 2.33. The van der Waals surface area contributed by atoms with E-state index in [2.05, 4.69) is 29.9 Å². The second-order valence-electron chi connectivity index (χ2n) is 5.08. The minimum atomic E-state index is 0.0165. The fourth-order valence-corrected chi connectivity index (χ4v) is 2.00. The molecule has 0 saturated heterocycles. The van der Waals surface area contributed by atoms with Gasteiger partial charge >= 0.3 is 0 Å². The molecule has 1 aromatic heterocycles. The van der Waals surface area contributed by atoms with Crippen molar-refractivity contribution in [2.24, 2.45) is 17.6 Å². The highest BCUT2D eigenvalue weighted by Crippen LogP contribution is 2.38. The summed E-state index contributed by atoms with van der Waals surface area (Å²) in [5.74, 6) is 1.77. The Morgan fingerprint density at radius 3 is 2.69 bits per heavy atom. The SMILES string of the molecule is CC(N)c1ccc(N(C)CC2CC2C)cn1. The summed E-state index contributed by atoms with van der Waals surface area (Å²) in [5, 5.41) is 0. The molecule has 2 N–H and O–H groups in total. The smallest absolute Gasteiger partial charge is 0.0569 e. The van der Waals surface area contributed by atoms with E-state index < -0.39 is 0 Å². The highest BCUT2D eigenvalue weighted by atomic mass is 15.1. The van der Waals surface area contributed by atoms with Gasteiger partial charge in [0.05, 0.1) is 17.6 Å². The molecule has 1 heterocycles. The molecule has 0 bridgehead atoms. The van der Waals surface area contributed by atoms with Crippen molar-refractivity contribution in [2.75, 3.05) is 18.5 Å². The molecular formula is C13H21N3. The summed E-state index contributed by atoms with van der Waals surface area (Å²) in [6, 6.07) is 4.15. The lowest BCUT2D eigenvalue weighted by Gasteiger charge is -2.19. The third kappa shape index (κ3) is 2.53. The minimum absolute atomic E-state index is 0.0165. The first kappa shape index (κ1) is 11.4. The average Bonchev–Trinajstić information content (AvgIpc) is 2.94. The van der Waals surface area contributed by atoms with Gasteiger partial charge in [-0.2, -0.15) is 0 Å². The van der Waals surface area contributed by atoms with Gasteiger partial charge < -0.3 is 10.6 Å². The highest BCUT2D eigenvalue weighted by molar-refractivity contribution is 5.44. The van der Waals surface area contributed by atoms with Gasteiger partial charge in [-0.25, -0.2) is 0 Å². The van der Waals surface area contributed by atoms with Crippen LogP contribution >= 0.6 is 0 Å². The molecule has 16 heavy (non-hydrogen) atoms. The lowest BCUT2D eigenvalue weighted by atomic mass is 10.2. The Bertz CT molecular complexity index is 345. The maximum Gasteiger partial charge on any atom is 0.0569 e. The van der Waals surface area contributed by atoms with Crippen LogP contribution in [0.25, 0.3) is 0 Å². The monoisotopic (exact) mass is 219 g/mol. The van der Waals surface area contributed by atoms with Gasteiger partial charge in [0.2, 0.25) is 0 Å². The zero-order valence-corrected chi connectivity index (χ0v) is 10.4. The number of anilines is 1. The fraction of sp³-hybridized carbons (Fsp3) is 0.615. The quantitative estimate of drug-likeness (QED) is 0.844. The Morgan fingerprint density at radius 2 is 2.25 bits per heavy atom. The lowest BCUT2D eigenvalue weighted by molar-refractivity contribution is 0.722. The van der Waals surface area contributed by atoms with Crippen LogP contribution in [0.3, 0.4) is 0 Å². The van der Waals surface area contributed by atoms with E-state index in [1.165, 1.54) is 12.1 Å². The van der Waals surface area contributed by atoms with Gasteiger partial charge in [-0.1, -0.05) is 6.92 Å². The van der Waals surface area contributed by atoms with Crippen LogP contribution in [0.1, 0.15) is 32.0 Å². The van der Waals surface area contributed by atoms with Crippen LogP contribution in [-0.2, 0) is 0 Å². The molecule has 3 atom stereocenters. The molecule has 1 aliphatic rings. The van der Waals surface area contributed by atoms with E-state index in [-0.39, 0.29) is 6.04 Å². The van der Waals surface area contributed by atoms with Crippen molar-refractivity contribution in [3.8, 4) is 0 Å². The minimum Gasteiger partial charge on any atom is -0.373 e. The Kier molecular flexibility index (Phi) is 3.15. The van der Waals surface area contributed by atoms with Crippen LogP contribution in [0.4, 0.5) is 5.69 Å². The Hall–Kier alpha value is -1.09. The summed E-state index contributed by atoms with van der Waals surface area (Å²) in [4.78, 5) is 6.66. The summed E-state index contributed by atoms with van der Waals surface area (Å²) in [5.41, 5.74) is 7.91. The van der Waals surface area contributed by atoms with Crippen molar-refractivity contribution >= 4 is 5.69 Å². The van der Waals surface area contributed by atoms with Crippen LogP contribution in [0.5, 0.6) is 0 Å². The molecule has 1 aliphatic carbocycles. The molecule has 88 valence electrons. The first-order valence-corrected chi connectivity index (χ1v) is 6.00. The molecular weight excluding hydrogens is 198 g/mol. The summed E-state index contributed by atoms with van der Waals surface area (Å²) in [7, 11) is 2.13. The molecule has 1 saturated carbocycles. The number of nitrogens with zero attached hydrogens (tertiary/aromatic N) is 2. The van der Waals surface area contributed by atoms with Crippen molar-refractivity contribution in [2.45, 2.75) is 26.3 Å². The normalized spacial score (nSPS) is 25.2. The topological polar surface area (TPSA) is 42.1 Å². The molecule has 3 heteroatoms. The summed E-state index contributed by atoms with van der Waals surface area (Å²) >= 11 is 0. The van der Waals surface area contributed by atoms with E-state index in [4.69, 9.17) is 5.73 Å². The molecule has 2 rings (SSSR count). The Morgan fingerprint density at radius 1 is 1.56 bits per heavy atom. The van der Waals surface area contributed by atoms with Gasteiger partial charge in [-0.05, 0) is 37.3 Å². The molecule has 0 amide bonds. The van der Waals surface area contributed by atoms with Crippen molar-refractivity contribution in [3.05, 3.63) is 24.0 Å². The lowest BCUT2D eigenvalue weighted by Crippen LogP contribution is -2.21. The first-order chi connectivity index (χ1) is 7.58. The molecule has 0 aliphatic heterocycles. The summed E-state index contributed by atoms with van der Waals surface area (Å²) < 4.78 is 0. The Labute approximate surface area is 97.7 Å². The zero-order chi connectivity index (χ0) is 11.7. The Balaban J connectivity index is 1.97. The molecule has 0 aromatic carbocycles. The standard InChI is InChI=1S/C13H21N3/c1-9-6-11(9)8-16(3)12-4-5-13(10(2)14)15-7-12/h4-5,7,9-11H,6,8,14H2,1-3H3. The van der Waals surface area contributed by atoms with E-state index in [0.717, 1.165) is 24.1 Å². The van der Waals surface area contributed by atoms with Crippen molar-refractivity contribution in [3.63, 3.8) is 0 Å². The number of pyridine rings is 1. The van der Waals surface area contributed by atoms with Crippen LogP contribution in [0.2, 0.25) is 0 Å². The fourth-order valence-electron chi connectivity index (χ4n) is 2.00. The number of hydrogen-bond donors (Lipinski definition) is 1. The zero-order valence-electron chi connectivity index (χ0n) is 10.4. The maximum absolute atomic E-state index is 5.77. The van der Waals surface area contributed by atoms with E-state index >= 15 is 0 Å². The number of hydrogen-bond acceptors (Lipinski definition) is 3. The van der Waals surface area contributed by atoms with Gasteiger partial charge in [0, 0.05) is 19.6 Å². The largest absolute Gasteiger partial charge is 0.373 e. The van der Waals surface area contributed by atoms with Gasteiger partial charge in [0.25, 0.3) is 0 Å². The first-order valence-electron chi connectivity index (χ1n) is 6.00. The molecule has 3 nitrogen and oxygen atoms in total. The third-order valence-electron chi connectivity index (χ3n) is 3.46. The average molecular weight is 219 g/mol. The predicted octanol–water partition coefficient (Wildman–Crippen LogP) is 2.19. The van der Waals surface area contributed by atoms with Gasteiger partial charge in [0.15, 0.2) is 0 Å². The molecule has 3 unspecified atom stereocenters. The van der Waals surface area contributed by atoms with Gasteiger partial charge in [-0.15, -0.1) is 0 Å². The third-order valence-corrected chi connectivity index (χ3v) is 3.46. The molecule has 1 fully saturated rings. The number of rotatable bonds is 4. The second-order valence-corrected chi connectivity index (χ2v) is 5.08. The van der Waals surface area contributed by atoms with Crippen LogP contribution in [-0.4, -0.2) is 18.6 Å². The van der Waals surface area contributed by atoms with E-state index in [1.54, 1.807) is 0 Å². The van der Waals surface area contributed by atoms with E-state index in [0.29, 0.717) is 0 Å². The second kappa shape index (κ2) is 4.42. The number of aromatic nitrogens is 1. The predicted molar refractivity (Wildman–Crippen MR) is 67.4 cm³/mol. The molecule has 1 aromatic rings. The van der Waals surface area contributed by atoms with Gasteiger partial charge in [0.1, 0.15) is 0 Å².